The van der Waals surface area contributed by atoms with Crippen LogP contribution in [0.4, 0.5) is 0 Å². The minimum Gasteiger partial charge on any atom is -0.496 e. The summed E-state index contributed by atoms with van der Waals surface area (Å²) in [5.41, 5.74) is 2.08. The molecule has 1 saturated heterocycles. The average Bonchev–Trinajstić information content (AvgIpc) is 2.75. The number of benzene rings is 1. The predicted molar refractivity (Wildman–Crippen MR) is 65.6 cm³/mol. The summed E-state index contributed by atoms with van der Waals surface area (Å²) >= 11 is 0. The molecule has 4 heteroatoms. The molecule has 0 bridgehead atoms. The van der Waals surface area contributed by atoms with Crippen LogP contribution in [0.2, 0.25) is 0 Å². The molecule has 0 spiro atoms. The highest BCUT2D eigenvalue weighted by Crippen LogP contribution is 2.37. The van der Waals surface area contributed by atoms with Crippen molar-refractivity contribution in [3.63, 3.8) is 0 Å². The van der Waals surface area contributed by atoms with E-state index >= 15 is 0 Å². The van der Waals surface area contributed by atoms with E-state index in [9.17, 15) is 0 Å². The van der Waals surface area contributed by atoms with Gasteiger partial charge in [-0.1, -0.05) is 0 Å². The fraction of sp³-hybridized carbons (Fsp3) is 0.538. The number of nitrogens with one attached hydrogen (secondary N) is 1. The van der Waals surface area contributed by atoms with E-state index in [0.29, 0.717) is 0 Å². The molecule has 94 valence electrons. The zero-order valence-corrected chi connectivity index (χ0v) is 10.7. The van der Waals surface area contributed by atoms with Crippen molar-refractivity contribution in [1.82, 2.24) is 5.32 Å². The Morgan fingerprint density at radius 1 is 1.29 bits per heavy atom. The molecule has 17 heavy (non-hydrogen) atoms. The molecule has 0 radical (unpaired) electrons. The van der Waals surface area contributed by atoms with Gasteiger partial charge in [-0.25, -0.2) is 0 Å². The molecule has 1 fully saturated rings. The minimum absolute atomic E-state index is 0.0459. The zero-order valence-electron chi connectivity index (χ0n) is 10.7. The second kappa shape index (κ2) is 4.94. The second-order valence-electron chi connectivity index (χ2n) is 4.19. The van der Waals surface area contributed by atoms with Crippen molar-refractivity contribution < 1.29 is 14.2 Å². The normalized spacial score (nSPS) is 23.8. The van der Waals surface area contributed by atoms with Gasteiger partial charge >= 0.3 is 0 Å². The lowest BCUT2D eigenvalue weighted by molar-refractivity contribution is 0.0515. The fourth-order valence-electron chi connectivity index (χ4n) is 2.24. The van der Waals surface area contributed by atoms with Crippen molar-refractivity contribution in [2.45, 2.75) is 26.2 Å². The van der Waals surface area contributed by atoms with E-state index in [-0.39, 0.29) is 12.3 Å². The van der Waals surface area contributed by atoms with Crippen molar-refractivity contribution >= 4 is 0 Å². The summed E-state index contributed by atoms with van der Waals surface area (Å²) < 4.78 is 16.6. The van der Waals surface area contributed by atoms with E-state index in [1.807, 2.05) is 26.0 Å². The maximum atomic E-state index is 5.79. The topological polar surface area (TPSA) is 39.7 Å². The first-order valence-corrected chi connectivity index (χ1v) is 5.77. The fourth-order valence-corrected chi connectivity index (χ4v) is 2.24. The quantitative estimate of drug-likeness (QED) is 0.873. The monoisotopic (exact) mass is 237 g/mol. The molecular weight excluding hydrogens is 218 g/mol. The molecule has 0 saturated carbocycles. The predicted octanol–water partition coefficient (Wildman–Crippen LogP) is 2.02. The van der Waals surface area contributed by atoms with E-state index in [4.69, 9.17) is 14.2 Å². The Morgan fingerprint density at radius 3 is 2.59 bits per heavy atom. The van der Waals surface area contributed by atoms with Crippen molar-refractivity contribution in [2.24, 2.45) is 0 Å². The third kappa shape index (κ3) is 2.23. The van der Waals surface area contributed by atoms with Crippen LogP contribution in [0.3, 0.4) is 0 Å². The Morgan fingerprint density at radius 2 is 2.06 bits per heavy atom. The highest BCUT2D eigenvalue weighted by molar-refractivity contribution is 5.50. The SMILES string of the molecule is COc1ccc(C2CNC(C)O2)c(OC)c1C. The summed E-state index contributed by atoms with van der Waals surface area (Å²) in [6.07, 6.45) is 0.136. The van der Waals surface area contributed by atoms with Gasteiger partial charge in [-0.3, -0.25) is 5.32 Å². The van der Waals surface area contributed by atoms with E-state index in [1.165, 1.54) is 0 Å². The van der Waals surface area contributed by atoms with Gasteiger partial charge in [-0.15, -0.1) is 0 Å². The summed E-state index contributed by atoms with van der Waals surface area (Å²) in [4.78, 5) is 0. The molecule has 0 aromatic heterocycles. The lowest BCUT2D eigenvalue weighted by Gasteiger charge is -2.18. The van der Waals surface area contributed by atoms with E-state index in [0.717, 1.165) is 29.2 Å². The molecule has 4 nitrogen and oxygen atoms in total. The Kier molecular flexibility index (Phi) is 3.54. The van der Waals surface area contributed by atoms with Crippen molar-refractivity contribution in [1.29, 1.82) is 0 Å². The van der Waals surface area contributed by atoms with Crippen molar-refractivity contribution in [3.05, 3.63) is 23.3 Å². The molecule has 1 aromatic rings. The molecule has 1 aromatic carbocycles. The highest BCUT2D eigenvalue weighted by Gasteiger charge is 2.26. The number of hydrogen-bond acceptors (Lipinski definition) is 4. The molecular formula is C13H19NO3. The summed E-state index contributed by atoms with van der Waals surface area (Å²) in [5.74, 6) is 1.69. The third-order valence-corrected chi connectivity index (χ3v) is 3.12. The van der Waals surface area contributed by atoms with Crippen molar-refractivity contribution in [3.8, 4) is 11.5 Å². The van der Waals surface area contributed by atoms with Crippen LogP contribution in [0.5, 0.6) is 11.5 Å². The molecule has 2 rings (SSSR count). The minimum atomic E-state index is 0.0459. The molecule has 0 amide bonds. The largest absolute Gasteiger partial charge is 0.496 e. The van der Waals surface area contributed by atoms with Crippen LogP contribution in [0.1, 0.15) is 24.2 Å². The first-order valence-electron chi connectivity index (χ1n) is 5.77. The highest BCUT2D eigenvalue weighted by atomic mass is 16.5. The summed E-state index contributed by atoms with van der Waals surface area (Å²) in [5, 5.41) is 3.26. The van der Waals surface area contributed by atoms with E-state index < -0.39 is 0 Å². The average molecular weight is 237 g/mol. The summed E-state index contributed by atoms with van der Waals surface area (Å²) in [6, 6.07) is 3.97. The van der Waals surface area contributed by atoms with Gasteiger partial charge in [0.1, 0.15) is 23.8 Å². The summed E-state index contributed by atoms with van der Waals surface area (Å²) in [6.45, 7) is 4.80. The first kappa shape index (κ1) is 12.2. The molecule has 2 unspecified atom stereocenters. The van der Waals surface area contributed by atoms with Crippen LogP contribution < -0.4 is 14.8 Å². The Balaban J connectivity index is 2.37. The third-order valence-electron chi connectivity index (χ3n) is 3.12. The van der Waals surface area contributed by atoms with Crippen LogP contribution in [0, 0.1) is 6.92 Å². The molecule has 1 N–H and O–H groups in total. The molecule has 1 aliphatic rings. The van der Waals surface area contributed by atoms with E-state index in [1.54, 1.807) is 14.2 Å². The lowest BCUT2D eigenvalue weighted by atomic mass is 10.0. The standard InChI is InChI=1S/C13H19NO3/c1-8-11(15-3)6-5-10(13(8)16-4)12-7-14-9(2)17-12/h5-6,9,12,14H,7H2,1-4H3. The van der Waals surface area contributed by atoms with Gasteiger partial charge in [-0.2, -0.15) is 0 Å². The van der Waals surface area contributed by atoms with Gasteiger partial charge in [0, 0.05) is 17.7 Å². The van der Waals surface area contributed by atoms with Crippen LogP contribution in [0.25, 0.3) is 0 Å². The van der Waals surface area contributed by atoms with Crippen LogP contribution in [0.15, 0.2) is 12.1 Å². The van der Waals surface area contributed by atoms with Gasteiger partial charge in [0.25, 0.3) is 0 Å². The smallest absolute Gasteiger partial charge is 0.131 e. The molecule has 0 aliphatic carbocycles. The maximum Gasteiger partial charge on any atom is 0.131 e. The zero-order chi connectivity index (χ0) is 12.4. The first-order chi connectivity index (χ1) is 8.17. The maximum absolute atomic E-state index is 5.79. The van der Waals surface area contributed by atoms with Crippen LogP contribution in [-0.2, 0) is 4.74 Å². The van der Waals surface area contributed by atoms with Gasteiger partial charge < -0.3 is 14.2 Å². The number of hydrogen-bond donors (Lipinski definition) is 1. The molecule has 2 atom stereocenters. The van der Waals surface area contributed by atoms with Gasteiger partial charge in [0.05, 0.1) is 14.2 Å². The van der Waals surface area contributed by atoms with Crippen molar-refractivity contribution in [2.75, 3.05) is 20.8 Å². The Labute approximate surface area is 102 Å². The number of methoxy groups -OCH3 is 2. The van der Waals surface area contributed by atoms with Gasteiger partial charge in [0.2, 0.25) is 0 Å². The molecule has 1 aliphatic heterocycles. The lowest BCUT2D eigenvalue weighted by Crippen LogP contribution is -2.17. The second-order valence-corrected chi connectivity index (χ2v) is 4.19. The van der Waals surface area contributed by atoms with Crippen LogP contribution >= 0.6 is 0 Å². The number of ether oxygens (including phenoxy) is 3. The number of rotatable bonds is 3. The van der Waals surface area contributed by atoms with Crippen LogP contribution in [-0.4, -0.2) is 27.0 Å². The van der Waals surface area contributed by atoms with Gasteiger partial charge in [-0.05, 0) is 26.0 Å². The van der Waals surface area contributed by atoms with E-state index in [2.05, 4.69) is 5.32 Å². The molecule has 1 heterocycles. The van der Waals surface area contributed by atoms with Gasteiger partial charge in [0.15, 0.2) is 0 Å². The Bertz CT molecular complexity index is 406. The summed E-state index contributed by atoms with van der Waals surface area (Å²) in [7, 11) is 3.34. The Hall–Kier alpha value is -1.26.